The van der Waals surface area contributed by atoms with Gasteiger partial charge in [0.15, 0.2) is 0 Å². The third kappa shape index (κ3) is 7.67. The monoisotopic (exact) mass is 398 g/mol. The number of halogens is 2. The second-order valence-electron chi connectivity index (χ2n) is 7.45. The van der Waals surface area contributed by atoms with Crippen LogP contribution in [-0.4, -0.2) is 48.5 Å². The second kappa shape index (κ2) is 10.2. The highest BCUT2D eigenvalue weighted by Crippen LogP contribution is 2.19. The number of hydrogen-bond acceptors (Lipinski definition) is 5. The molecule has 7 nitrogen and oxygen atoms in total. The maximum Gasteiger partial charge on any atom is 0.324 e. The molecule has 9 heteroatoms. The number of amides is 3. The van der Waals surface area contributed by atoms with E-state index in [2.05, 4.69) is 30.0 Å². The lowest BCUT2D eigenvalue weighted by atomic mass is 9.97. The van der Waals surface area contributed by atoms with Gasteiger partial charge in [0.1, 0.15) is 18.9 Å². The Morgan fingerprint density at radius 2 is 2.04 bits per heavy atom. The molecular formula is C19H28F2N4O3. The van der Waals surface area contributed by atoms with Crippen molar-refractivity contribution >= 4 is 17.6 Å². The number of nitrogens with one attached hydrogen (secondary N) is 3. The van der Waals surface area contributed by atoms with Crippen LogP contribution in [-0.2, 0) is 4.79 Å². The molecule has 0 bridgehead atoms. The predicted molar refractivity (Wildman–Crippen MR) is 102 cm³/mol. The second-order valence-corrected chi connectivity index (χ2v) is 7.45. The Labute approximate surface area is 163 Å². The van der Waals surface area contributed by atoms with Crippen molar-refractivity contribution in [2.24, 2.45) is 0 Å². The number of urea groups is 1. The number of nitrogens with zero attached hydrogens (tertiary/aromatic N) is 1. The van der Waals surface area contributed by atoms with E-state index in [9.17, 15) is 18.4 Å². The van der Waals surface area contributed by atoms with E-state index in [1.54, 1.807) is 18.2 Å². The van der Waals surface area contributed by atoms with E-state index in [1.807, 2.05) is 6.07 Å². The Morgan fingerprint density at radius 3 is 2.71 bits per heavy atom. The number of imide groups is 1. The van der Waals surface area contributed by atoms with Gasteiger partial charge in [0.25, 0.3) is 6.43 Å². The number of anilines is 1. The number of rotatable bonds is 12. The zero-order valence-corrected chi connectivity index (χ0v) is 16.3. The summed E-state index contributed by atoms with van der Waals surface area (Å²) in [5.41, 5.74) is 6.87. The molecule has 0 saturated carbocycles. The molecule has 3 N–H and O–H groups in total. The Kier molecular flexibility index (Phi) is 7.98. The molecule has 1 aliphatic rings. The Hall–Kier alpha value is -2.42. The van der Waals surface area contributed by atoms with Gasteiger partial charge in [0.05, 0.1) is 5.69 Å². The number of alkyl halides is 2. The van der Waals surface area contributed by atoms with E-state index in [0.29, 0.717) is 12.3 Å². The zero-order valence-electron chi connectivity index (χ0n) is 16.3. The van der Waals surface area contributed by atoms with Crippen molar-refractivity contribution in [1.29, 1.82) is 0 Å². The van der Waals surface area contributed by atoms with Crippen LogP contribution in [0, 0.1) is 0 Å². The van der Waals surface area contributed by atoms with Crippen LogP contribution in [0.1, 0.15) is 39.5 Å². The smallest absolute Gasteiger partial charge is 0.324 e. The average molecular weight is 398 g/mol. The Morgan fingerprint density at radius 1 is 1.25 bits per heavy atom. The van der Waals surface area contributed by atoms with Crippen LogP contribution < -0.4 is 20.9 Å². The van der Waals surface area contributed by atoms with Gasteiger partial charge in [0.2, 0.25) is 5.91 Å². The first kappa shape index (κ1) is 21.9. The molecule has 28 heavy (non-hydrogen) atoms. The largest absolute Gasteiger partial charge is 0.488 e. The minimum Gasteiger partial charge on any atom is -0.488 e. The predicted octanol–water partition coefficient (Wildman–Crippen LogP) is 3.14. The highest BCUT2D eigenvalue weighted by Gasteiger charge is 2.25. The topological polar surface area (TPSA) is 82.7 Å². The summed E-state index contributed by atoms with van der Waals surface area (Å²) in [7, 11) is 0. The molecule has 1 aliphatic heterocycles. The molecule has 1 fully saturated rings. The van der Waals surface area contributed by atoms with Gasteiger partial charge in [-0.15, -0.1) is 0 Å². The van der Waals surface area contributed by atoms with E-state index in [4.69, 9.17) is 4.74 Å². The van der Waals surface area contributed by atoms with E-state index >= 15 is 0 Å². The molecule has 1 heterocycles. The minimum absolute atomic E-state index is 0.149. The van der Waals surface area contributed by atoms with E-state index < -0.39 is 13.0 Å². The zero-order chi connectivity index (χ0) is 20.6. The first-order valence-corrected chi connectivity index (χ1v) is 9.38. The van der Waals surface area contributed by atoms with Crippen LogP contribution >= 0.6 is 0 Å². The standard InChI is InChI=1S/C19H28F2N4O3/c1-19(2,9-4-3-5-10-25-12-17(26)22-18(25)27)24-23-14-7-6-8-15(11-14)28-13-16(20)21/h6-8,11,16,23-24H,3-5,9-10,12-13H2,1-2H3,(H,22,26,27). The fourth-order valence-electron chi connectivity index (χ4n) is 2.84. The fourth-order valence-corrected chi connectivity index (χ4v) is 2.84. The summed E-state index contributed by atoms with van der Waals surface area (Å²) < 4.78 is 29.5. The highest BCUT2D eigenvalue weighted by atomic mass is 19.3. The molecule has 0 atom stereocenters. The molecule has 1 saturated heterocycles. The van der Waals surface area contributed by atoms with Crippen molar-refractivity contribution in [1.82, 2.24) is 15.6 Å². The lowest BCUT2D eigenvalue weighted by Crippen LogP contribution is -2.43. The normalized spacial score (nSPS) is 14.5. The number of hydrogen-bond donors (Lipinski definition) is 3. The third-order valence-electron chi connectivity index (χ3n) is 4.35. The molecular weight excluding hydrogens is 370 g/mol. The highest BCUT2D eigenvalue weighted by molar-refractivity contribution is 6.01. The number of carbonyl (C=O) groups is 2. The molecule has 0 aromatic heterocycles. The quantitative estimate of drug-likeness (QED) is 0.286. The maximum atomic E-state index is 12.2. The minimum atomic E-state index is -2.51. The van der Waals surface area contributed by atoms with Crippen molar-refractivity contribution < 1.29 is 23.1 Å². The van der Waals surface area contributed by atoms with Gasteiger partial charge in [0, 0.05) is 18.2 Å². The van der Waals surface area contributed by atoms with Crippen LogP contribution in [0.3, 0.4) is 0 Å². The number of benzene rings is 1. The van der Waals surface area contributed by atoms with Crippen molar-refractivity contribution in [3.8, 4) is 5.75 Å². The van der Waals surface area contributed by atoms with Crippen LogP contribution in [0.2, 0.25) is 0 Å². The number of unbranched alkanes of at least 4 members (excludes halogenated alkanes) is 2. The van der Waals surface area contributed by atoms with Gasteiger partial charge in [-0.1, -0.05) is 18.9 Å². The average Bonchev–Trinajstić information content (AvgIpc) is 2.96. The molecule has 1 aromatic carbocycles. The van der Waals surface area contributed by atoms with E-state index in [0.717, 1.165) is 31.4 Å². The third-order valence-corrected chi connectivity index (χ3v) is 4.35. The van der Waals surface area contributed by atoms with Gasteiger partial charge in [-0.3, -0.25) is 10.1 Å². The van der Waals surface area contributed by atoms with Crippen molar-refractivity contribution in [3.63, 3.8) is 0 Å². The molecule has 0 aliphatic carbocycles. The molecule has 0 spiro atoms. The lowest BCUT2D eigenvalue weighted by Gasteiger charge is -2.27. The molecule has 2 rings (SSSR count). The van der Waals surface area contributed by atoms with Gasteiger partial charge >= 0.3 is 6.03 Å². The summed E-state index contributed by atoms with van der Waals surface area (Å²) in [5, 5.41) is 2.27. The van der Waals surface area contributed by atoms with Gasteiger partial charge in [-0.25, -0.2) is 19.0 Å². The summed E-state index contributed by atoms with van der Waals surface area (Å²) in [6, 6.07) is 6.54. The van der Waals surface area contributed by atoms with Crippen molar-refractivity contribution in [3.05, 3.63) is 24.3 Å². The number of ether oxygens (including phenoxy) is 1. The van der Waals surface area contributed by atoms with Gasteiger partial charge in [-0.05, 0) is 38.8 Å². The SMILES string of the molecule is CC(C)(CCCCCN1CC(=O)NC1=O)NNc1cccc(OCC(F)F)c1. The Balaban J connectivity index is 1.65. The fraction of sp³-hybridized carbons (Fsp3) is 0.579. The summed E-state index contributed by atoms with van der Waals surface area (Å²) in [5.74, 6) is 0.138. The first-order chi connectivity index (χ1) is 13.2. The van der Waals surface area contributed by atoms with E-state index in [1.165, 1.54) is 4.90 Å². The summed E-state index contributed by atoms with van der Waals surface area (Å²) in [6.45, 7) is 4.22. The summed E-state index contributed by atoms with van der Waals surface area (Å²) in [6.07, 6.45) is 1.14. The molecule has 1 aromatic rings. The molecule has 3 amide bonds. The van der Waals surface area contributed by atoms with Gasteiger partial charge < -0.3 is 15.1 Å². The number of hydrazine groups is 1. The first-order valence-electron chi connectivity index (χ1n) is 9.38. The van der Waals surface area contributed by atoms with Crippen LogP contribution in [0.25, 0.3) is 0 Å². The summed E-state index contributed by atoms with van der Waals surface area (Å²) in [4.78, 5) is 24.1. The van der Waals surface area contributed by atoms with Crippen LogP contribution in [0.15, 0.2) is 24.3 Å². The molecule has 156 valence electrons. The molecule has 0 radical (unpaired) electrons. The number of carbonyl (C=O) groups excluding carboxylic acids is 2. The van der Waals surface area contributed by atoms with Crippen LogP contribution in [0.4, 0.5) is 19.3 Å². The van der Waals surface area contributed by atoms with Crippen molar-refractivity contribution in [2.45, 2.75) is 51.5 Å². The Bertz CT molecular complexity index is 670. The van der Waals surface area contributed by atoms with Crippen molar-refractivity contribution in [2.75, 3.05) is 25.1 Å². The molecule has 0 unspecified atom stereocenters. The summed E-state index contributed by atoms with van der Waals surface area (Å²) >= 11 is 0. The maximum absolute atomic E-state index is 12.2. The van der Waals surface area contributed by atoms with E-state index in [-0.39, 0.29) is 24.0 Å². The van der Waals surface area contributed by atoms with Gasteiger partial charge in [-0.2, -0.15) is 0 Å². The van der Waals surface area contributed by atoms with Crippen LogP contribution in [0.5, 0.6) is 5.75 Å². The lowest BCUT2D eigenvalue weighted by molar-refractivity contribution is -0.118.